The molecule has 0 saturated heterocycles. The van der Waals surface area contributed by atoms with Crippen LogP contribution < -0.4 is 5.32 Å². The van der Waals surface area contributed by atoms with E-state index in [0.717, 1.165) is 0 Å². The van der Waals surface area contributed by atoms with E-state index in [4.69, 9.17) is 25.5 Å². The lowest BCUT2D eigenvalue weighted by atomic mass is 10.1. The van der Waals surface area contributed by atoms with Crippen LogP contribution in [0.5, 0.6) is 0 Å². The van der Waals surface area contributed by atoms with E-state index in [-0.39, 0.29) is 0 Å². The first-order valence-corrected chi connectivity index (χ1v) is 4.76. The normalized spacial score (nSPS) is 17.5. The zero-order valence-electron chi connectivity index (χ0n) is 8.89. The van der Waals surface area contributed by atoms with Gasteiger partial charge in [-0.3, -0.25) is 10.1 Å². The lowest BCUT2D eigenvalue weighted by Gasteiger charge is -2.26. The third-order valence-electron chi connectivity index (χ3n) is 1.97. The van der Waals surface area contributed by atoms with Gasteiger partial charge in [-0.05, 0) is 0 Å². The van der Waals surface area contributed by atoms with Gasteiger partial charge in [0, 0.05) is 6.54 Å². The quantitative estimate of drug-likeness (QED) is 0.200. The third kappa shape index (κ3) is 6.48. The fourth-order valence-corrected chi connectivity index (χ4v) is 1.03. The van der Waals surface area contributed by atoms with Crippen molar-refractivity contribution in [3.05, 3.63) is 0 Å². The van der Waals surface area contributed by atoms with Gasteiger partial charge in [0.2, 0.25) is 5.91 Å². The highest BCUT2D eigenvalue weighted by molar-refractivity contribution is 5.67. The molecule has 0 heterocycles. The van der Waals surface area contributed by atoms with Gasteiger partial charge in [0.05, 0.1) is 12.7 Å². The number of aliphatic hydroxyl groups is 6. The van der Waals surface area contributed by atoms with Crippen LogP contribution in [-0.4, -0.2) is 79.1 Å². The number of aliphatic hydroxyl groups excluding tert-OH is 4. The summed E-state index contributed by atoms with van der Waals surface area (Å²) in [6.07, 6.45) is -5.92. The summed E-state index contributed by atoms with van der Waals surface area (Å²) in [5.41, 5.74) is 0. The molecule has 0 aromatic heterocycles. The second-order valence-electron chi connectivity index (χ2n) is 3.58. The zero-order valence-corrected chi connectivity index (χ0v) is 8.89. The van der Waals surface area contributed by atoms with Crippen molar-refractivity contribution in [1.82, 2.24) is 5.32 Å². The molecule has 3 atom stereocenters. The molecule has 9 heteroatoms. The van der Waals surface area contributed by atoms with Crippen LogP contribution in [0.3, 0.4) is 0 Å². The average molecular weight is 255 g/mol. The minimum absolute atomic E-state index is 0.585. The van der Waals surface area contributed by atoms with E-state index in [1.807, 2.05) is 5.32 Å². The molecule has 0 rings (SSSR count). The molecule has 17 heavy (non-hydrogen) atoms. The highest BCUT2D eigenvalue weighted by atomic mass is 16.5. The molecule has 102 valence electrons. The van der Waals surface area contributed by atoms with Gasteiger partial charge in [0.15, 0.2) is 0 Å². The Bertz CT molecular complexity index is 246. The van der Waals surface area contributed by atoms with Crippen LogP contribution in [0.1, 0.15) is 6.42 Å². The molecule has 0 aromatic rings. The monoisotopic (exact) mass is 255 g/mol. The molecule has 0 saturated carbocycles. The van der Waals surface area contributed by atoms with Crippen molar-refractivity contribution in [2.24, 2.45) is 0 Å². The molecule has 9 nitrogen and oxygen atoms in total. The smallest absolute Gasteiger partial charge is 0.310 e. The summed E-state index contributed by atoms with van der Waals surface area (Å²) >= 11 is 0. The Morgan fingerprint density at radius 1 is 1.18 bits per heavy atom. The van der Waals surface area contributed by atoms with Gasteiger partial charge in [-0.2, -0.15) is 0 Å². The Kier molecular flexibility index (Phi) is 6.49. The van der Waals surface area contributed by atoms with Crippen LogP contribution in [0, 0.1) is 0 Å². The molecule has 0 bridgehead atoms. The fourth-order valence-electron chi connectivity index (χ4n) is 1.03. The SMILES string of the molecule is O=C(O)CC(O)(O)NCC(O)C(O)C(O)CO. The van der Waals surface area contributed by atoms with Gasteiger partial charge in [-0.1, -0.05) is 0 Å². The number of hydrogen-bond acceptors (Lipinski definition) is 8. The lowest BCUT2D eigenvalue weighted by Crippen LogP contribution is -2.53. The molecule has 0 fully saturated rings. The number of nitrogens with one attached hydrogen (secondary N) is 1. The highest BCUT2D eigenvalue weighted by Gasteiger charge is 2.30. The molecular formula is C8H17NO8. The zero-order chi connectivity index (χ0) is 13.6. The number of carbonyl (C=O) groups is 1. The van der Waals surface area contributed by atoms with Crippen LogP contribution in [0.25, 0.3) is 0 Å². The van der Waals surface area contributed by atoms with Gasteiger partial charge in [0.25, 0.3) is 0 Å². The molecule has 8 N–H and O–H groups in total. The first-order valence-electron chi connectivity index (χ1n) is 4.76. The summed E-state index contributed by atoms with van der Waals surface area (Å²) in [6.45, 7) is -1.37. The summed E-state index contributed by atoms with van der Waals surface area (Å²) in [4.78, 5) is 10.2. The molecule has 0 radical (unpaired) electrons. The first kappa shape index (κ1) is 16.2. The molecule has 0 spiro atoms. The number of hydrogen-bond donors (Lipinski definition) is 8. The number of rotatable bonds is 8. The highest BCUT2D eigenvalue weighted by Crippen LogP contribution is 2.04. The van der Waals surface area contributed by atoms with Gasteiger partial charge in [-0.15, -0.1) is 0 Å². The van der Waals surface area contributed by atoms with E-state index < -0.39 is 49.8 Å². The van der Waals surface area contributed by atoms with Gasteiger partial charge in [-0.25, -0.2) is 0 Å². The van der Waals surface area contributed by atoms with Crippen molar-refractivity contribution in [2.45, 2.75) is 30.6 Å². The maximum Gasteiger partial charge on any atom is 0.310 e. The Morgan fingerprint density at radius 2 is 1.71 bits per heavy atom. The van der Waals surface area contributed by atoms with Gasteiger partial charge >= 0.3 is 5.97 Å². The predicted molar refractivity (Wildman–Crippen MR) is 52.5 cm³/mol. The largest absolute Gasteiger partial charge is 0.481 e. The number of carboxylic acid groups (broad SMARTS) is 1. The topological polar surface area (TPSA) is 171 Å². The van der Waals surface area contributed by atoms with E-state index >= 15 is 0 Å². The Balaban J connectivity index is 4.14. The van der Waals surface area contributed by atoms with E-state index in [0.29, 0.717) is 0 Å². The Morgan fingerprint density at radius 3 is 2.12 bits per heavy atom. The minimum atomic E-state index is -2.74. The molecule has 0 aliphatic rings. The molecule has 0 aliphatic carbocycles. The summed E-state index contributed by atoms with van der Waals surface area (Å²) < 4.78 is 0. The second kappa shape index (κ2) is 6.81. The summed E-state index contributed by atoms with van der Waals surface area (Å²) in [7, 11) is 0. The third-order valence-corrected chi connectivity index (χ3v) is 1.97. The van der Waals surface area contributed by atoms with Crippen molar-refractivity contribution in [3.8, 4) is 0 Å². The van der Waals surface area contributed by atoms with Gasteiger partial charge < -0.3 is 35.7 Å². The van der Waals surface area contributed by atoms with Crippen LogP contribution >= 0.6 is 0 Å². The molecule has 0 aromatic carbocycles. The maximum absolute atomic E-state index is 10.2. The van der Waals surface area contributed by atoms with Crippen molar-refractivity contribution in [2.75, 3.05) is 13.2 Å². The summed E-state index contributed by atoms with van der Waals surface area (Å²) in [6, 6.07) is 0. The standard InChI is InChI=1S/C8H17NO8/c10-3-5(12)7(15)4(11)2-9-8(16,17)1-6(13)14/h4-5,7,9-12,15-17H,1-3H2,(H,13,14). The fraction of sp³-hybridized carbons (Fsp3) is 0.875. The van der Waals surface area contributed by atoms with Crippen molar-refractivity contribution in [1.29, 1.82) is 0 Å². The maximum atomic E-state index is 10.2. The van der Waals surface area contributed by atoms with Crippen LogP contribution in [0.15, 0.2) is 0 Å². The van der Waals surface area contributed by atoms with E-state index in [1.165, 1.54) is 0 Å². The van der Waals surface area contributed by atoms with E-state index in [2.05, 4.69) is 0 Å². The Labute approximate surface area is 96.6 Å². The summed E-state index contributed by atoms with van der Waals surface area (Å²) in [5.74, 6) is -4.22. The van der Waals surface area contributed by atoms with Crippen LogP contribution in [0.4, 0.5) is 0 Å². The van der Waals surface area contributed by atoms with E-state index in [9.17, 15) is 15.0 Å². The average Bonchev–Trinajstić information content (AvgIpc) is 2.22. The Hall–Kier alpha value is -0.810. The lowest BCUT2D eigenvalue weighted by molar-refractivity contribution is -0.202. The minimum Gasteiger partial charge on any atom is -0.481 e. The van der Waals surface area contributed by atoms with Crippen LogP contribution in [-0.2, 0) is 4.79 Å². The van der Waals surface area contributed by atoms with E-state index in [1.54, 1.807) is 0 Å². The first-order chi connectivity index (χ1) is 7.69. The van der Waals surface area contributed by atoms with Crippen molar-refractivity contribution in [3.63, 3.8) is 0 Å². The van der Waals surface area contributed by atoms with Crippen molar-refractivity contribution >= 4 is 5.97 Å². The number of aliphatic carboxylic acids is 1. The number of carboxylic acids is 1. The summed E-state index contributed by atoms with van der Waals surface area (Å²) in [5, 5.41) is 64.2. The molecule has 3 unspecified atom stereocenters. The molecule has 0 amide bonds. The second-order valence-corrected chi connectivity index (χ2v) is 3.58. The van der Waals surface area contributed by atoms with Gasteiger partial charge in [0.1, 0.15) is 18.6 Å². The molecule has 0 aliphatic heterocycles. The van der Waals surface area contributed by atoms with Crippen molar-refractivity contribution < 1.29 is 40.5 Å². The predicted octanol–water partition coefficient (Wildman–Crippen LogP) is -4.24. The molecular weight excluding hydrogens is 238 g/mol. The van der Waals surface area contributed by atoms with Crippen LogP contribution in [0.2, 0.25) is 0 Å².